The molecular formula is C26H30MnN2O2. The molecule has 163 valence electrons. The molecule has 5 heteroatoms. The zero-order valence-electron chi connectivity index (χ0n) is 18.2. The maximum Gasteiger partial charge on any atom is 0.141 e. The Bertz CT molecular complexity index is 1030. The van der Waals surface area contributed by atoms with Crippen molar-refractivity contribution in [2.75, 3.05) is 0 Å². The molecule has 2 aromatic carbocycles. The van der Waals surface area contributed by atoms with Gasteiger partial charge in [-0.1, -0.05) is 63.1 Å². The number of aryl methyl sites for hydroxylation is 2. The Kier molecular flexibility index (Phi) is 9.77. The van der Waals surface area contributed by atoms with Gasteiger partial charge in [0.1, 0.15) is 22.5 Å². The molecule has 4 nitrogen and oxygen atoms in total. The zero-order valence-corrected chi connectivity index (χ0v) is 19.4. The third-order valence-corrected chi connectivity index (χ3v) is 5.09. The first-order valence-corrected chi connectivity index (χ1v) is 10.8. The number of para-hydroxylation sites is 2. The number of unbranched alkanes of at least 4 members (excludes halogenated alkanes) is 2. The summed E-state index contributed by atoms with van der Waals surface area (Å²) in [6.45, 7) is 4.33. The van der Waals surface area contributed by atoms with Gasteiger partial charge in [-0.2, -0.15) is 0 Å². The fraction of sp³-hybridized carbons (Fsp3) is 0.308. The molecule has 2 N–H and O–H groups in total. The van der Waals surface area contributed by atoms with Crippen molar-refractivity contribution >= 4 is 21.8 Å². The normalized spacial score (nSPS) is 10.4. The van der Waals surface area contributed by atoms with E-state index in [9.17, 15) is 10.2 Å². The predicted molar refractivity (Wildman–Crippen MR) is 124 cm³/mol. The summed E-state index contributed by atoms with van der Waals surface area (Å²) in [5, 5.41) is 21.3. The van der Waals surface area contributed by atoms with Crippen LogP contribution in [0, 0.1) is 0 Å². The summed E-state index contributed by atoms with van der Waals surface area (Å²) >= 11 is 0. The number of hydrogen-bond donors (Lipinski definition) is 2. The van der Waals surface area contributed by atoms with Crippen LogP contribution in [-0.4, -0.2) is 20.2 Å². The van der Waals surface area contributed by atoms with Gasteiger partial charge in [-0.3, -0.25) is 0 Å². The first-order valence-electron chi connectivity index (χ1n) is 10.8. The summed E-state index contributed by atoms with van der Waals surface area (Å²) in [5.41, 5.74) is 3.55. The summed E-state index contributed by atoms with van der Waals surface area (Å²) in [7, 11) is 0. The molecule has 1 radical (unpaired) electrons. The van der Waals surface area contributed by atoms with Crippen LogP contribution < -0.4 is 0 Å². The van der Waals surface area contributed by atoms with Crippen LogP contribution in [0.3, 0.4) is 0 Å². The Morgan fingerprint density at radius 3 is 1.42 bits per heavy atom. The zero-order chi connectivity index (χ0) is 21.3. The second-order valence-electron chi connectivity index (χ2n) is 7.51. The van der Waals surface area contributed by atoms with Gasteiger partial charge in [-0.05, 0) is 49.9 Å². The van der Waals surface area contributed by atoms with Gasteiger partial charge in [0.05, 0.1) is 0 Å². The van der Waals surface area contributed by atoms with E-state index in [2.05, 4.69) is 23.8 Å². The molecule has 2 aromatic heterocycles. The molecule has 0 saturated heterocycles. The van der Waals surface area contributed by atoms with Gasteiger partial charge in [0.2, 0.25) is 0 Å². The molecule has 2 heterocycles. The van der Waals surface area contributed by atoms with Crippen molar-refractivity contribution in [1.29, 1.82) is 0 Å². The van der Waals surface area contributed by atoms with Crippen molar-refractivity contribution < 1.29 is 27.3 Å². The number of phenolic OH excluding ortho intramolecular Hbond substituents is 2. The number of hydrogen-bond acceptors (Lipinski definition) is 4. The van der Waals surface area contributed by atoms with Gasteiger partial charge in [-0.15, -0.1) is 0 Å². The summed E-state index contributed by atoms with van der Waals surface area (Å²) in [4.78, 5) is 8.92. The molecule has 0 bridgehead atoms. The van der Waals surface area contributed by atoms with E-state index in [4.69, 9.17) is 0 Å². The van der Waals surface area contributed by atoms with Gasteiger partial charge in [0.25, 0.3) is 0 Å². The average Bonchev–Trinajstić information content (AvgIpc) is 2.77. The molecule has 4 aromatic rings. The van der Waals surface area contributed by atoms with Crippen LogP contribution in [0.4, 0.5) is 0 Å². The number of aromatic nitrogens is 2. The number of fused-ring (bicyclic) bond motifs is 2. The minimum atomic E-state index is 0. The standard InChI is InChI=1S/2C13H15NO.Mn/c2*1-2-3-6-11-9-8-10-5-4-7-12(15)13(10)14-11;/h2*4-5,7-9,15H,2-3,6H2,1H3;. The maximum atomic E-state index is 9.66. The first-order chi connectivity index (χ1) is 14.6. The van der Waals surface area contributed by atoms with E-state index >= 15 is 0 Å². The number of phenols is 2. The van der Waals surface area contributed by atoms with E-state index in [0.29, 0.717) is 11.0 Å². The van der Waals surface area contributed by atoms with E-state index in [1.807, 2.05) is 48.5 Å². The molecule has 0 unspecified atom stereocenters. The third kappa shape index (κ3) is 6.68. The van der Waals surface area contributed by atoms with Gasteiger partial charge in [0.15, 0.2) is 0 Å². The largest absolute Gasteiger partial charge is 0.506 e. The second-order valence-corrected chi connectivity index (χ2v) is 7.51. The van der Waals surface area contributed by atoms with Crippen molar-refractivity contribution in [2.24, 2.45) is 0 Å². The molecule has 0 aliphatic rings. The van der Waals surface area contributed by atoms with E-state index in [-0.39, 0.29) is 28.6 Å². The fourth-order valence-electron chi connectivity index (χ4n) is 3.34. The van der Waals surface area contributed by atoms with Crippen molar-refractivity contribution in [3.63, 3.8) is 0 Å². The number of pyridine rings is 2. The molecule has 0 saturated carbocycles. The van der Waals surface area contributed by atoms with Crippen molar-refractivity contribution in [3.8, 4) is 11.5 Å². The molecule has 31 heavy (non-hydrogen) atoms. The van der Waals surface area contributed by atoms with Crippen LogP contribution in [0.1, 0.15) is 50.9 Å². The van der Waals surface area contributed by atoms with Crippen LogP contribution in [-0.2, 0) is 29.9 Å². The summed E-state index contributed by atoms with van der Waals surface area (Å²) in [6.07, 6.45) is 6.60. The van der Waals surface area contributed by atoms with Gasteiger partial charge < -0.3 is 10.2 Å². The smallest absolute Gasteiger partial charge is 0.141 e. The Labute approximate surface area is 194 Å². The third-order valence-electron chi connectivity index (χ3n) is 5.09. The average molecular weight is 457 g/mol. The SMILES string of the molecule is CCCCc1ccc2cccc(O)c2n1.CCCCc1ccc2cccc(O)c2n1.[Mn]. The minimum Gasteiger partial charge on any atom is -0.506 e. The molecule has 0 atom stereocenters. The van der Waals surface area contributed by atoms with Gasteiger partial charge in [-0.25, -0.2) is 9.97 Å². The van der Waals surface area contributed by atoms with E-state index in [1.54, 1.807) is 12.1 Å². The van der Waals surface area contributed by atoms with Crippen molar-refractivity contribution in [3.05, 3.63) is 72.1 Å². The molecule has 0 amide bonds. The van der Waals surface area contributed by atoms with E-state index < -0.39 is 0 Å². The first kappa shape index (κ1) is 24.6. The number of nitrogens with zero attached hydrogens (tertiary/aromatic N) is 2. The second kappa shape index (κ2) is 12.3. The van der Waals surface area contributed by atoms with Gasteiger partial charge in [0, 0.05) is 39.2 Å². The van der Waals surface area contributed by atoms with Crippen LogP contribution in [0.15, 0.2) is 60.7 Å². The van der Waals surface area contributed by atoms with Crippen LogP contribution in [0.5, 0.6) is 11.5 Å². The topological polar surface area (TPSA) is 66.2 Å². The van der Waals surface area contributed by atoms with E-state index in [0.717, 1.165) is 47.8 Å². The number of rotatable bonds is 6. The van der Waals surface area contributed by atoms with Crippen LogP contribution in [0.2, 0.25) is 0 Å². The van der Waals surface area contributed by atoms with Gasteiger partial charge >= 0.3 is 0 Å². The fourth-order valence-corrected chi connectivity index (χ4v) is 3.34. The quantitative estimate of drug-likeness (QED) is 0.322. The Hall–Kier alpha value is -2.62. The molecule has 0 aliphatic heterocycles. The minimum absolute atomic E-state index is 0. The number of aromatic hydroxyl groups is 2. The van der Waals surface area contributed by atoms with Crippen LogP contribution in [0.25, 0.3) is 21.8 Å². The van der Waals surface area contributed by atoms with E-state index in [1.165, 1.54) is 12.8 Å². The summed E-state index contributed by atoms with van der Waals surface area (Å²) in [6, 6.07) is 19.1. The van der Waals surface area contributed by atoms with Crippen molar-refractivity contribution in [1.82, 2.24) is 9.97 Å². The van der Waals surface area contributed by atoms with Crippen LogP contribution >= 0.6 is 0 Å². The predicted octanol–water partition coefficient (Wildman–Crippen LogP) is 6.56. The summed E-state index contributed by atoms with van der Waals surface area (Å²) < 4.78 is 0. The Balaban J connectivity index is 0.000000213. The molecule has 0 aliphatic carbocycles. The molecule has 0 fully saturated rings. The molecular weight excluding hydrogens is 427 g/mol. The Morgan fingerprint density at radius 1 is 0.613 bits per heavy atom. The number of benzene rings is 2. The molecule has 4 rings (SSSR count). The molecule has 0 spiro atoms. The summed E-state index contributed by atoms with van der Waals surface area (Å²) in [5.74, 6) is 0.539. The maximum absolute atomic E-state index is 9.66. The Morgan fingerprint density at radius 2 is 1.03 bits per heavy atom. The monoisotopic (exact) mass is 457 g/mol. The van der Waals surface area contributed by atoms with Crippen molar-refractivity contribution in [2.45, 2.75) is 52.4 Å².